The number of anilines is 2. The van der Waals surface area contributed by atoms with E-state index in [4.69, 9.17) is 40.0 Å². The number of imide groups is 1. The molecule has 2 aliphatic rings. The summed E-state index contributed by atoms with van der Waals surface area (Å²) in [5.74, 6) is -0.00872. The van der Waals surface area contributed by atoms with Gasteiger partial charge in [-0.25, -0.2) is 14.5 Å². The molecule has 1 fully saturated rings. The van der Waals surface area contributed by atoms with Gasteiger partial charge in [-0.05, 0) is 79.0 Å². The van der Waals surface area contributed by atoms with E-state index in [0.717, 1.165) is 11.3 Å². The summed E-state index contributed by atoms with van der Waals surface area (Å²) in [6.07, 6.45) is 3.39. The summed E-state index contributed by atoms with van der Waals surface area (Å²) < 4.78 is 34.4. The Balaban J connectivity index is 1.57. The normalized spacial score (nSPS) is 17.4. The molecule has 0 radical (unpaired) electrons. The first-order valence-corrected chi connectivity index (χ1v) is 18.4. The van der Waals surface area contributed by atoms with Gasteiger partial charge in [0.25, 0.3) is 5.91 Å². The van der Waals surface area contributed by atoms with Gasteiger partial charge >= 0.3 is 12.2 Å². The molecule has 0 saturated carbocycles. The number of amides is 3. The number of methoxy groups -OCH3 is 3. The summed E-state index contributed by atoms with van der Waals surface area (Å²) in [7, 11) is 4.64. The van der Waals surface area contributed by atoms with E-state index in [9.17, 15) is 14.4 Å². The number of carbonyl (C=O) groups is 3. The smallest absolute Gasteiger partial charge is 0.417 e. The maximum Gasteiger partial charge on any atom is 0.417 e. The number of hydrogen-bond acceptors (Lipinski definition) is 11. The molecule has 0 spiro atoms. The number of aromatic nitrogens is 2. The molecule has 1 unspecified atom stereocenters. The van der Waals surface area contributed by atoms with Gasteiger partial charge in [0, 0.05) is 63.1 Å². The van der Waals surface area contributed by atoms with Crippen LogP contribution in [0.2, 0.25) is 5.02 Å². The van der Waals surface area contributed by atoms with Crippen LogP contribution in [0.25, 0.3) is 11.3 Å². The number of rotatable bonds is 12. The number of carbonyl (C=O) groups excluding carboxylic acids is 3. The number of hydrogen-bond donors (Lipinski definition) is 2. The quantitative estimate of drug-likeness (QED) is 0.172. The molecule has 1 saturated heterocycles. The molecule has 15 heteroatoms. The summed E-state index contributed by atoms with van der Waals surface area (Å²) in [5.41, 5.74) is 1.48. The minimum atomic E-state index is -0.838. The van der Waals surface area contributed by atoms with E-state index in [2.05, 4.69) is 15.3 Å². The van der Waals surface area contributed by atoms with E-state index in [-0.39, 0.29) is 30.0 Å². The van der Waals surface area contributed by atoms with Gasteiger partial charge in [0.05, 0.1) is 47.6 Å². The lowest BCUT2D eigenvalue weighted by molar-refractivity contribution is -0.107. The van der Waals surface area contributed by atoms with Crippen molar-refractivity contribution in [2.45, 2.75) is 84.2 Å². The minimum absolute atomic E-state index is 0.0543. The van der Waals surface area contributed by atoms with Crippen molar-refractivity contribution in [3.8, 4) is 22.8 Å². The van der Waals surface area contributed by atoms with Crippen LogP contribution in [0.4, 0.5) is 21.0 Å². The molecule has 3 amide bonds. The van der Waals surface area contributed by atoms with Gasteiger partial charge in [0.15, 0.2) is 12.0 Å². The third-order valence-corrected chi connectivity index (χ3v) is 9.38. The molecule has 0 bridgehead atoms. The Morgan fingerprint density at radius 2 is 1.72 bits per heavy atom. The number of nitrogens with one attached hydrogen (secondary N) is 2. The lowest BCUT2D eigenvalue weighted by atomic mass is 9.91. The number of nitrogens with zero attached hydrogens (tertiary/aromatic N) is 3. The molecule has 2 N–H and O–H groups in total. The van der Waals surface area contributed by atoms with E-state index < -0.39 is 29.5 Å². The van der Waals surface area contributed by atoms with Crippen molar-refractivity contribution in [1.82, 2.24) is 19.8 Å². The number of fused-ring (bicyclic) bond motifs is 1. The van der Waals surface area contributed by atoms with Crippen LogP contribution in [0, 0.1) is 5.92 Å². The third kappa shape index (κ3) is 9.57. The van der Waals surface area contributed by atoms with Gasteiger partial charge in [-0.2, -0.15) is 0 Å². The van der Waals surface area contributed by atoms with E-state index in [0.29, 0.717) is 77.4 Å². The second kappa shape index (κ2) is 16.9. The van der Waals surface area contributed by atoms with Crippen molar-refractivity contribution in [2.75, 3.05) is 52.9 Å². The molecule has 2 aliphatic heterocycles. The number of para-hydroxylation sites is 1. The monoisotopic (exact) mass is 769 g/mol. The Morgan fingerprint density at radius 3 is 2.39 bits per heavy atom. The molecular weight excluding hydrogens is 718 g/mol. The maximum atomic E-state index is 14.5. The lowest BCUT2D eigenvalue weighted by Crippen LogP contribution is -2.46. The Labute approximate surface area is 321 Å². The average molecular weight is 770 g/mol. The average Bonchev–Trinajstić information content (AvgIpc) is 3.73. The highest BCUT2D eigenvalue weighted by Gasteiger charge is 2.42. The Kier molecular flexibility index (Phi) is 12.7. The number of pyridine rings is 1. The lowest BCUT2D eigenvalue weighted by Gasteiger charge is -2.33. The van der Waals surface area contributed by atoms with Crippen molar-refractivity contribution >= 4 is 41.1 Å². The molecule has 3 aromatic rings. The summed E-state index contributed by atoms with van der Waals surface area (Å²) >= 11 is 6.54. The molecule has 2 aromatic heterocycles. The Bertz CT molecular complexity index is 1810. The number of H-pyrrole nitrogens is 1. The zero-order valence-electron chi connectivity index (χ0n) is 32.5. The first-order valence-electron chi connectivity index (χ1n) is 18.0. The predicted molar refractivity (Wildman–Crippen MR) is 204 cm³/mol. The molecule has 5 rings (SSSR count). The molecule has 54 heavy (non-hydrogen) atoms. The van der Waals surface area contributed by atoms with Gasteiger partial charge in [-0.1, -0.05) is 17.7 Å². The summed E-state index contributed by atoms with van der Waals surface area (Å²) in [6.45, 7) is 12.2. The summed E-state index contributed by atoms with van der Waals surface area (Å²) in [4.78, 5) is 51.7. The second-order valence-electron chi connectivity index (χ2n) is 15.4. The van der Waals surface area contributed by atoms with Crippen LogP contribution in [0.15, 0.2) is 36.7 Å². The van der Waals surface area contributed by atoms with E-state index in [1.165, 1.54) is 7.11 Å². The van der Waals surface area contributed by atoms with Gasteiger partial charge in [0.1, 0.15) is 17.0 Å². The zero-order valence-corrected chi connectivity index (χ0v) is 33.3. The first kappa shape index (κ1) is 40.7. The molecule has 4 heterocycles. The van der Waals surface area contributed by atoms with Crippen LogP contribution < -0.4 is 14.8 Å². The molecule has 2 atom stereocenters. The van der Waals surface area contributed by atoms with Crippen LogP contribution in [-0.4, -0.2) is 103 Å². The van der Waals surface area contributed by atoms with Crippen LogP contribution in [0.1, 0.15) is 82.8 Å². The number of aromatic amines is 1. The van der Waals surface area contributed by atoms with Crippen LogP contribution in [0.5, 0.6) is 11.5 Å². The van der Waals surface area contributed by atoms with E-state index in [1.807, 2.05) is 20.8 Å². The number of halogens is 1. The highest BCUT2D eigenvalue weighted by atomic mass is 35.5. The SMILES string of the molecule is COc1c(Cl)cccc1Nc1c(-c2ccncc2OC[C@@H]2CCN(C(=O)OC(C)(C)C)C2)[nH]c2c1C(=O)N(C(=O)OC(C)(C)C)CC2CCC(OC)OC. The van der Waals surface area contributed by atoms with Crippen LogP contribution >= 0.6 is 11.6 Å². The highest BCUT2D eigenvalue weighted by Crippen LogP contribution is 2.46. The molecule has 1 aromatic carbocycles. The molecular formula is C39H52ClN5O9. The number of benzene rings is 1. The summed E-state index contributed by atoms with van der Waals surface area (Å²) in [6, 6.07) is 7.05. The first-order chi connectivity index (χ1) is 25.5. The fraction of sp³-hybridized carbons (Fsp3) is 0.538. The fourth-order valence-corrected chi connectivity index (χ4v) is 6.85. The standard InChI is InChI=1S/C39H52ClN5O9/c1-38(2,3)53-36(47)44-18-16-23(20-44)22-52-28-19-41-17-15-25(28)32-33(42-27-12-10-11-26(40)34(27)51-9)30-31(43-32)24(13-14-29(49-7)50-8)21-45(35(30)46)37(48)54-39(4,5)6/h10-12,15,17,19,23-24,29,42-43H,13-14,16,18,20-22H2,1-9H3/t23-,24?/m1/s1. The van der Waals surface area contributed by atoms with Gasteiger partial charge in [0.2, 0.25) is 0 Å². The van der Waals surface area contributed by atoms with Crippen molar-refractivity contribution in [3.05, 3.63) is 52.9 Å². The minimum Gasteiger partial charge on any atom is -0.493 e. The third-order valence-electron chi connectivity index (χ3n) is 9.09. The van der Waals surface area contributed by atoms with Crippen LogP contribution in [0.3, 0.4) is 0 Å². The van der Waals surface area contributed by atoms with Gasteiger partial charge < -0.3 is 43.6 Å². The molecule has 0 aliphatic carbocycles. The van der Waals surface area contributed by atoms with Crippen molar-refractivity contribution in [1.29, 1.82) is 0 Å². The van der Waals surface area contributed by atoms with Crippen molar-refractivity contribution in [2.24, 2.45) is 5.92 Å². The predicted octanol–water partition coefficient (Wildman–Crippen LogP) is 7.99. The number of likely N-dealkylation sites (tertiary alicyclic amines) is 1. The second-order valence-corrected chi connectivity index (χ2v) is 15.9. The van der Waals surface area contributed by atoms with E-state index in [1.54, 1.807) is 76.5 Å². The highest BCUT2D eigenvalue weighted by molar-refractivity contribution is 6.32. The number of ether oxygens (including phenoxy) is 6. The van der Waals surface area contributed by atoms with Crippen LogP contribution in [-0.2, 0) is 18.9 Å². The Morgan fingerprint density at radius 1 is 1.02 bits per heavy atom. The largest absolute Gasteiger partial charge is 0.493 e. The van der Waals surface area contributed by atoms with Gasteiger partial charge in [-0.15, -0.1) is 0 Å². The summed E-state index contributed by atoms with van der Waals surface area (Å²) in [5, 5.41) is 3.79. The molecule has 14 nitrogen and oxygen atoms in total. The van der Waals surface area contributed by atoms with Gasteiger partial charge in [-0.3, -0.25) is 9.78 Å². The van der Waals surface area contributed by atoms with Crippen molar-refractivity contribution < 1.29 is 42.8 Å². The fourth-order valence-electron chi connectivity index (χ4n) is 6.60. The van der Waals surface area contributed by atoms with Crippen molar-refractivity contribution in [3.63, 3.8) is 0 Å². The zero-order chi connectivity index (χ0) is 39.4. The maximum absolute atomic E-state index is 14.5. The Hall–Kier alpha value is -4.53. The van der Waals surface area contributed by atoms with E-state index >= 15 is 0 Å². The topological polar surface area (TPSA) is 154 Å². The molecule has 294 valence electrons.